The molecule has 30 heavy (non-hydrogen) atoms. The molecule has 158 valence electrons. The molecular formula is C19H18F3IN5OP. The highest BCUT2D eigenvalue weighted by Crippen LogP contribution is 2.32. The number of hydrogen-bond donors (Lipinski definition) is 3. The number of nitrogens with zero attached hydrogens (tertiary/aromatic N) is 2. The van der Waals surface area contributed by atoms with Crippen molar-refractivity contribution in [3.8, 4) is 6.07 Å². The lowest BCUT2D eigenvalue weighted by Gasteiger charge is -2.11. The predicted octanol–water partition coefficient (Wildman–Crippen LogP) is 5.46. The summed E-state index contributed by atoms with van der Waals surface area (Å²) < 4.78 is 39.8. The Hall–Kier alpha value is -2.51. The molecule has 6 nitrogen and oxygen atoms in total. The number of halogens is 4. The first kappa shape index (κ1) is 25.5. The summed E-state index contributed by atoms with van der Waals surface area (Å²) in [6.45, 7) is 3.58. The molecule has 1 atom stereocenters. The molecule has 11 heteroatoms. The third-order valence-corrected chi connectivity index (χ3v) is 5.00. The third kappa shape index (κ3) is 6.50. The van der Waals surface area contributed by atoms with Crippen LogP contribution in [0.2, 0.25) is 0 Å². The Balaban J connectivity index is 0.000000346. The van der Waals surface area contributed by atoms with Crippen molar-refractivity contribution >= 4 is 57.9 Å². The summed E-state index contributed by atoms with van der Waals surface area (Å²) in [5.74, 6) is -2.18. The van der Waals surface area contributed by atoms with Gasteiger partial charge in [0.2, 0.25) is 0 Å². The summed E-state index contributed by atoms with van der Waals surface area (Å²) in [5.41, 5.74) is 1.75. The summed E-state index contributed by atoms with van der Waals surface area (Å²) in [5, 5.41) is 21.7. The Labute approximate surface area is 186 Å². The van der Waals surface area contributed by atoms with E-state index in [9.17, 15) is 18.0 Å². The molecule has 0 fully saturated rings. The number of nitrogens with one attached hydrogen (secondary N) is 3. The lowest BCUT2D eigenvalue weighted by Crippen LogP contribution is -2.03. The molecule has 1 aromatic carbocycles. The summed E-state index contributed by atoms with van der Waals surface area (Å²) >= 11 is 1.96. The van der Waals surface area contributed by atoms with Crippen LogP contribution in [0, 0.1) is 42.2 Å². The van der Waals surface area contributed by atoms with Gasteiger partial charge in [-0.15, -0.1) is 0 Å². The Morgan fingerprint density at radius 1 is 1.33 bits per heavy atom. The Morgan fingerprint density at radius 3 is 2.50 bits per heavy atom. The van der Waals surface area contributed by atoms with Crippen molar-refractivity contribution in [3.63, 3.8) is 0 Å². The highest BCUT2D eigenvalue weighted by molar-refractivity contribution is 14.2. The summed E-state index contributed by atoms with van der Waals surface area (Å²) in [6, 6.07) is 4.15. The van der Waals surface area contributed by atoms with Crippen molar-refractivity contribution in [1.82, 2.24) is 4.98 Å². The maximum absolute atomic E-state index is 14.1. The molecule has 0 aliphatic carbocycles. The number of aryl methyl sites for hydroxylation is 1. The summed E-state index contributed by atoms with van der Waals surface area (Å²) in [6.07, 6.45) is 2.07. The van der Waals surface area contributed by atoms with E-state index in [1.165, 1.54) is 18.3 Å². The van der Waals surface area contributed by atoms with Gasteiger partial charge in [0.25, 0.3) is 0 Å². The molecule has 0 aliphatic rings. The minimum Gasteiger partial charge on any atom is -0.386 e. The van der Waals surface area contributed by atoms with Gasteiger partial charge >= 0.3 is 0 Å². The molecule has 0 amide bonds. The largest absolute Gasteiger partial charge is 0.386 e. The van der Waals surface area contributed by atoms with Crippen LogP contribution in [0.3, 0.4) is 0 Å². The topological polar surface area (TPSA) is 102 Å². The second-order valence-electron chi connectivity index (χ2n) is 5.69. The van der Waals surface area contributed by atoms with E-state index >= 15 is 0 Å². The summed E-state index contributed by atoms with van der Waals surface area (Å²) in [7, 11) is 1.76. The van der Waals surface area contributed by atoms with E-state index in [4.69, 9.17) is 10.7 Å². The van der Waals surface area contributed by atoms with Crippen molar-refractivity contribution in [2.45, 2.75) is 13.8 Å². The summed E-state index contributed by atoms with van der Waals surface area (Å²) in [4.78, 5) is 14.1. The zero-order valence-corrected chi connectivity index (χ0v) is 19.4. The standard InChI is InChI=1S/C11H7F2IN3OP.C8H11FN2/c12-7(5-18)3-6-1-2-8(9(16)4-15)11(10(6)13)17-19-14;1-5-7(9)4-11-6(2)8(5)10-3/h1-3,5,16-17,19H;4,10H,1-3H3/b7-3-,16-9?;. The number of rotatable bonds is 6. The molecule has 0 spiro atoms. The third-order valence-electron chi connectivity index (χ3n) is 3.85. The molecule has 1 aromatic heterocycles. The second-order valence-corrected chi connectivity index (χ2v) is 7.74. The van der Waals surface area contributed by atoms with E-state index in [1.807, 2.05) is 29.0 Å². The van der Waals surface area contributed by atoms with Crippen LogP contribution in [0.4, 0.5) is 24.5 Å². The first-order valence-corrected chi connectivity index (χ1v) is 12.4. The van der Waals surface area contributed by atoms with Crippen LogP contribution < -0.4 is 10.4 Å². The average molecular weight is 547 g/mol. The number of pyridine rings is 1. The second kappa shape index (κ2) is 12.2. The average Bonchev–Trinajstić information content (AvgIpc) is 2.74. The molecule has 1 heterocycles. The van der Waals surface area contributed by atoms with Crippen LogP contribution in [0.5, 0.6) is 0 Å². The number of aldehydes is 1. The Kier molecular flexibility index (Phi) is 10.4. The van der Waals surface area contributed by atoms with Gasteiger partial charge in [0.1, 0.15) is 17.6 Å². The molecule has 2 rings (SSSR count). The fourth-order valence-corrected chi connectivity index (χ4v) is 3.55. The lowest BCUT2D eigenvalue weighted by atomic mass is 10.0. The van der Waals surface area contributed by atoms with Crippen LogP contribution >= 0.6 is 28.4 Å². The van der Waals surface area contributed by atoms with Crippen LogP contribution in [-0.2, 0) is 4.79 Å². The fourth-order valence-electron chi connectivity index (χ4n) is 2.40. The zero-order chi connectivity index (χ0) is 22.8. The molecule has 2 aromatic rings. The quantitative estimate of drug-likeness (QED) is 0.147. The number of carbonyl (C=O) groups is 1. The maximum Gasteiger partial charge on any atom is 0.178 e. The molecule has 0 radical (unpaired) electrons. The number of aromatic nitrogens is 1. The number of hydrogen-bond acceptors (Lipinski definition) is 6. The van der Waals surface area contributed by atoms with Gasteiger partial charge in [-0.05, 0) is 48.0 Å². The van der Waals surface area contributed by atoms with Gasteiger partial charge < -0.3 is 10.4 Å². The number of nitriles is 1. The highest BCUT2D eigenvalue weighted by atomic mass is 127. The molecule has 0 saturated heterocycles. The molecule has 1 unspecified atom stereocenters. The van der Waals surface area contributed by atoms with Gasteiger partial charge in [0.15, 0.2) is 17.9 Å². The van der Waals surface area contributed by atoms with Gasteiger partial charge in [0.05, 0.1) is 23.3 Å². The minimum absolute atomic E-state index is 0.0299. The molecule has 0 bridgehead atoms. The van der Waals surface area contributed by atoms with Crippen molar-refractivity contribution in [1.29, 1.82) is 10.7 Å². The van der Waals surface area contributed by atoms with Crippen molar-refractivity contribution in [3.05, 3.63) is 58.2 Å². The van der Waals surface area contributed by atoms with Crippen LogP contribution in [0.1, 0.15) is 22.4 Å². The minimum atomic E-state index is -1.11. The first-order chi connectivity index (χ1) is 14.2. The van der Waals surface area contributed by atoms with Gasteiger partial charge in [-0.1, -0.05) is 6.07 Å². The smallest absolute Gasteiger partial charge is 0.178 e. The van der Waals surface area contributed by atoms with Gasteiger partial charge in [0, 0.05) is 30.1 Å². The normalized spacial score (nSPS) is 10.8. The lowest BCUT2D eigenvalue weighted by molar-refractivity contribution is -0.106. The molecule has 0 aliphatic heterocycles. The van der Waals surface area contributed by atoms with E-state index in [2.05, 4.69) is 15.4 Å². The molecule has 3 N–H and O–H groups in total. The van der Waals surface area contributed by atoms with Crippen LogP contribution in [0.15, 0.2) is 24.2 Å². The van der Waals surface area contributed by atoms with Crippen LogP contribution in [0.25, 0.3) is 6.08 Å². The number of carbonyl (C=O) groups excluding carboxylic acids is 1. The van der Waals surface area contributed by atoms with Crippen LogP contribution in [-0.4, -0.2) is 24.0 Å². The van der Waals surface area contributed by atoms with Crippen molar-refractivity contribution in [2.75, 3.05) is 17.5 Å². The van der Waals surface area contributed by atoms with Gasteiger partial charge in [-0.2, -0.15) is 5.26 Å². The zero-order valence-electron chi connectivity index (χ0n) is 16.2. The van der Waals surface area contributed by atoms with E-state index in [1.54, 1.807) is 20.0 Å². The Morgan fingerprint density at radius 2 is 2.00 bits per heavy atom. The van der Waals surface area contributed by atoms with Gasteiger partial charge in [-0.25, -0.2) is 13.2 Å². The van der Waals surface area contributed by atoms with E-state index in [0.29, 0.717) is 5.56 Å². The molecule has 0 saturated carbocycles. The number of benzene rings is 1. The maximum atomic E-state index is 14.1. The fraction of sp³-hybridized carbons (Fsp3) is 0.158. The SMILES string of the molecule is CNc1c(C)ncc(F)c1C.N#CC(=N)c1ccc(/C=C(\F)C=O)c(F)c1NPI. The van der Waals surface area contributed by atoms with E-state index in [-0.39, 0.29) is 35.3 Å². The number of anilines is 2. The molecular weight excluding hydrogens is 529 g/mol. The number of allylic oxidation sites excluding steroid dienone is 1. The Bertz CT molecular complexity index is 1020. The van der Waals surface area contributed by atoms with Gasteiger partial charge in [-0.3, -0.25) is 15.2 Å². The van der Waals surface area contributed by atoms with E-state index in [0.717, 1.165) is 17.5 Å². The van der Waals surface area contributed by atoms with E-state index < -0.39 is 17.4 Å². The first-order valence-electron chi connectivity index (χ1n) is 8.26. The van der Waals surface area contributed by atoms with Crippen molar-refractivity contribution < 1.29 is 18.0 Å². The van der Waals surface area contributed by atoms with Crippen molar-refractivity contribution in [2.24, 2.45) is 0 Å². The highest BCUT2D eigenvalue weighted by Gasteiger charge is 2.15. The monoisotopic (exact) mass is 547 g/mol. The predicted molar refractivity (Wildman–Crippen MR) is 123 cm³/mol.